The molecule has 0 bridgehead atoms. The number of nitriles is 1. The van der Waals surface area contributed by atoms with E-state index in [-0.39, 0.29) is 15.9 Å². The van der Waals surface area contributed by atoms with Crippen LogP contribution in [0.4, 0.5) is 5.69 Å². The third-order valence-corrected chi connectivity index (χ3v) is 5.21. The Labute approximate surface area is 129 Å². The minimum atomic E-state index is -3.91. The molecule has 9 heteroatoms. The largest absolute Gasteiger partial charge is 0.281 e. The summed E-state index contributed by atoms with van der Waals surface area (Å²) in [5.41, 5.74) is 0.644. The Morgan fingerprint density at radius 2 is 2.24 bits per heavy atom. The molecule has 3 rings (SSSR count). The molecule has 21 heavy (non-hydrogen) atoms. The number of fused-ring (bicyclic) bond motifs is 1. The molecule has 0 spiro atoms. The fourth-order valence-electron chi connectivity index (χ4n) is 1.83. The van der Waals surface area contributed by atoms with Crippen LogP contribution in [0.2, 0.25) is 5.15 Å². The van der Waals surface area contributed by atoms with Gasteiger partial charge in [-0.05, 0) is 18.2 Å². The summed E-state index contributed by atoms with van der Waals surface area (Å²) in [7, 11) is -3.91. The van der Waals surface area contributed by atoms with Crippen molar-refractivity contribution in [3.8, 4) is 6.07 Å². The Kier molecular flexibility index (Phi) is 3.33. The molecule has 0 aliphatic heterocycles. The molecule has 1 N–H and O–H groups in total. The van der Waals surface area contributed by atoms with E-state index in [0.29, 0.717) is 10.5 Å². The summed E-state index contributed by atoms with van der Waals surface area (Å²) in [4.78, 5) is 4.48. The van der Waals surface area contributed by atoms with E-state index < -0.39 is 10.0 Å². The SMILES string of the molecule is N#Cc1cccc(NS(=O)(=O)c2c(Cl)nc3sccn23)c1. The van der Waals surface area contributed by atoms with Crippen LogP contribution in [0.5, 0.6) is 0 Å². The van der Waals surface area contributed by atoms with Gasteiger partial charge in [-0.1, -0.05) is 17.7 Å². The topological polar surface area (TPSA) is 87.3 Å². The zero-order valence-electron chi connectivity index (χ0n) is 10.3. The van der Waals surface area contributed by atoms with Gasteiger partial charge in [-0.2, -0.15) is 13.7 Å². The molecule has 0 aliphatic carbocycles. The molecular weight excluding hydrogens is 332 g/mol. The highest BCUT2D eigenvalue weighted by Gasteiger charge is 2.25. The van der Waals surface area contributed by atoms with Crippen LogP contribution in [-0.4, -0.2) is 17.8 Å². The average Bonchev–Trinajstić information content (AvgIpc) is 2.97. The fourth-order valence-corrected chi connectivity index (χ4v) is 4.34. The number of rotatable bonds is 3. The first-order valence-electron chi connectivity index (χ1n) is 5.65. The normalized spacial score (nSPS) is 11.4. The number of benzene rings is 1. The van der Waals surface area contributed by atoms with Crippen molar-refractivity contribution >= 4 is 43.6 Å². The molecule has 6 nitrogen and oxygen atoms in total. The van der Waals surface area contributed by atoms with Gasteiger partial charge in [0.15, 0.2) is 15.1 Å². The lowest BCUT2D eigenvalue weighted by atomic mass is 10.2. The van der Waals surface area contributed by atoms with Crippen molar-refractivity contribution in [3.63, 3.8) is 0 Å². The number of imidazole rings is 1. The molecule has 2 aromatic heterocycles. The highest BCUT2D eigenvalue weighted by molar-refractivity contribution is 7.92. The van der Waals surface area contributed by atoms with Gasteiger partial charge in [0.2, 0.25) is 0 Å². The van der Waals surface area contributed by atoms with Crippen molar-refractivity contribution in [1.82, 2.24) is 9.38 Å². The van der Waals surface area contributed by atoms with Gasteiger partial charge in [0.1, 0.15) is 0 Å². The molecule has 3 aromatic rings. The van der Waals surface area contributed by atoms with Gasteiger partial charge in [-0.25, -0.2) is 4.98 Å². The molecular formula is C12H7ClN4O2S2. The maximum Gasteiger partial charge on any atom is 0.281 e. The lowest BCUT2D eigenvalue weighted by Gasteiger charge is -2.07. The number of nitrogens with one attached hydrogen (secondary N) is 1. The van der Waals surface area contributed by atoms with Crippen LogP contribution in [0.15, 0.2) is 40.9 Å². The van der Waals surface area contributed by atoms with Crippen molar-refractivity contribution < 1.29 is 8.42 Å². The number of hydrogen-bond donors (Lipinski definition) is 1. The summed E-state index contributed by atoms with van der Waals surface area (Å²) in [5, 5.41) is 10.3. The van der Waals surface area contributed by atoms with E-state index in [2.05, 4.69) is 9.71 Å². The van der Waals surface area contributed by atoms with E-state index in [4.69, 9.17) is 16.9 Å². The zero-order chi connectivity index (χ0) is 15.0. The second-order valence-electron chi connectivity index (χ2n) is 4.06. The second kappa shape index (κ2) is 5.04. The highest BCUT2D eigenvalue weighted by atomic mass is 35.5. The van der Waals surface area contributed by atoms with Gasteiger partial charge >= 0.3 is 0 Å². The number of anilines is 1. The molecule has 0 unspecified atom stereocenters. The van der Waals surface area contributed by atoms with Crippen LogP contribution in [0.1, 0.15) is 5.56 Å². The predicted molar refractivity (Wildman–Crippen MR) is 80.0 cm³/mol. The number of nitrogens with zero attached hydrogens (tertiary/aromatic N) is 3. The molecule has 0 radical (unpaired) electrons. The summed E-state index contributed by atoms with van der Waals surface area (Å²) in [5.74, 6) is 0. The molecule has 0 atom stereocenters. The zero-order valence-corrected chi connectivity index (χ0v) is 12.7. The van der Waals surface area contributed by atoms with Crippen LogP contribution < -0.4 is 4.72 Å². The van der Waals surface area contributed by atoms with E-state index in [0.717, 1.165) is 0 Å². The van der Waals surface area contributed by atoms with E-state index in [1.54, 1.807) is 29.8 Å². The lowest BCUT2D eigenvalue weighted by Crippen LogP contribution is -2.15. The van der Waals surface area contributed by atoms with Gasteiger partial charge < -0.3 is 0 Å². The fraction of sp³-hybridized carbons (Fsp3) is 0. The van der Waals surface area contributed by atoms with Gasteiger partial charge in [0.05, 0.1) is 17.3 Å². The minimum absolute atomic E-state index is 0.0919. The average molecular weight is 339 g/mol. The number of halogens is 1. The summed E-state index contributed by atoms with van der Waals surface area (Å²) in [6, 6.07) is 8.12. The van der Waals surface area contributed by atoms with E-state index in [1.165, 1.54) is 21.8 Å². The molecule has 0 aliphatic rings. The predicted octanol–water partition coefficient (Wildman–Crippen LogP) is 2.72. The lowest BCUT2D eigenvalue weighted by molar-refractivity contribution is 0.597. The van der Waals surface area contributed by atoms with Crippen LogP contribution in [0.3, 0.4) is 0 Å². The second-order valence-corrected chi connectivity index (χ2v) is 6.89. The smallest absolute Gasteiger partial charge is 0.278 e. The summed E-state index contributed by atoms with van der Waals surface area (Å²) >= 11 is 7.20. The van der Waals surface area contributed by atoms with Gasteiger partial charge in [0.25, 0.3) is 10.0 Å². The number of hydrogen-bond acceptors (Lipinski definition) is 5. The Hall–Kier alpha value is -2.08. The maximum absolute atomic E-state index is 12.5. The van der Waals surface area contributed by atoms with Crippen LogP contribution in [0.25, 0.3) is 4.96 Å². The third kappa shape index (κ3) is 2.47. The first-order valence-corrected chi connectivity index (χ1v) is 8.39. The number of sulfonamides is 1. The molecule has 0 saturated carbocycles. The van der Waals surface area contributed by atoms with Crippen molar-refractivity contribution in [2.75, 3.05) is 4.72 Å². The Bertz CT molecular complexity index is 969. The number of thiazole rings is 1. The van der Waals surface area contributed by atoms with Gasteiger partial charge in [0, 0.05) is 11.6 Å². The van der Waals surface area contributed by atoms with Crippen LogP contribution >= 0.6 is 22.9 Å². The van der Waals surface area contributed by atoms with E-state index in [9.17, 15) is 8.42 Å². The highest BCUT2D eigenvalue weighted by Crippen LogP contribution is 2.27. The van der Waals surface area contributed by atoms with Crippen LogP contribution in [-0.2, 0) is 10.0 Å². The van der Waals surface area contributed by atoms with E-state index in [1.807, 2.05) is 6.07 Å². The molecule has 1 aromatic carbocycles. The maximum atomic E-state index is 12.5. The molecule has 106 valence electrons. The van der Waals surface area contributed by atoms with Crippen molar-refractivity contribution in [2.24, 2.45) is 0 Å². The molecule has 0 amide bonds. The molecule has 2 heterocycles. The third-order valence-electron chi connectivity index (χ3n) is 2.68. The molecule has 0 fully saturated rings. The monoisotopic (exact) mass is 338 g/mol. The summed E-state index contributed by atoms with van der Waals surface area (Å²) in [6.45, 7) is 0. The minimum Gasteiger partial charge on any atom is -0.278 e. The van der Waals surface area contributed by atoms with Crippen molar-refractivity contribution in [1.29, 1.82) is 5.26 Å². The van der Waals surface area contributed by atoms with E-state index >= 15 is 0 Å². The van der Waals surface area contributed by atoms with Crippen LogP contribution in [0, 0.1) is 11.3 Å². The first kappa shape index (κ1) is 13.9. The van der Waals surface area contributed by atoms with Gasteiger partial charge in [-0.15, -0.1) is 11.3 Å². The van der Waals surface area contributed by atoms with Gasteiger partial charge in [-0.3, -0.25) is 9.12 Å². The standard InChI is InChI=1S/C12H7ClN4O2S2/c13-10-11(17-4-5-20-12(17)15-10)21(18,19)16-9-3-1-2-8(6-9)7-14/h1-6,16H. The number of aromatic nitrogens is 2. The van der Waals surface area contributed by atoms with Crippen molar-refractivity contribution in [2.45, 2.75) is 5.03 Å². The Morgan fingerprint density at radius 1 is 1.43 bits per heavy atom. The summed E-state index contributed by atoms with van der Waals surface area (Å²) < 4.78 is 28.7. The first-order chi connectivity index (χ1) is 10.0. The molecule has 0 saturated heterocycles. The summed E-state index contributed by atoms with van der Waals surface area (Å²) in [6.07, 6.45) is 1.58. The van der Waals surface area contributed by atoms with Crippen molar-refractivity contribution in [3.05, 3.63) is 46.6 Å². The Morgan fingerprint density at radius 3 is 3.00 bits per heavy atom. The Balaban J connectivity index is 2.06. The quantitative estimate of drug-likeness (QED) is 0.795.